The number of nitrogens with one attached hydrogen (secondary N) is 1. The molecule has 0 saturated carbocycles. The number of thiophene rings is 1. The van der Waals surface area contributed by atoms with Crippen LogP contribution in [-0.2, 0) is 6.54 Å². The summed E-state index contributed by atoms with van der Waals surface area (Å²) in [4.78, 5) is 11.7. The van der Waals surface area contributed by atoms with Crippen LogP contribution in [0.5, 0.6) is 0 Å². The fraction of sp³-hybridized carbons (Fsp3) is 0.0833. The minimum atomic E-state index is -0.873. The van der Waals surface area contributed by atoms with Crippen LogP contribution in [0.1, 0.15) is 15.2 Å². The standard InChI is InChI=1S/C12H10INO2S/c13-9-1-3-10(4-2-9)14-6-11-5-8(7-17-11)12(15)16/h1-5,7,14H,6H2,(H,15,16). The minimum Gasteiger partial charge on any atom is -0.478 e. The molecule has 0 aliphatic carbocycles. The maximum absolute atomic E-state index is 10.7. The number of carbonyl (C=O) groups is 1. The first-order chi connectivity index (χ1) is 8.15. The molecule has 1 aromatic carbocycles. The van der Waals surface area contributed by atoms with Gasteiger partial charge in [-0.25, -0.2) is 4.79 Å². The van der Waals surface area contributed by atoms with Gasteiger partial charge in [-0.15, -0.1) is 11.3 Å². The van der Waals surface area contributed by atoms with E-state index in [0.717, 1.165) is 10.6 Å². The van der Waals surface area contributed by atoms with Crippen LogP contribution >= 0.6 is 33.9 Å². The van der Waals surface area contributed by atoms with Crippen molar-refractivity contribution >= 4 is 45.6 Å². The van der Waals surface area contributed by atoms with Gasteiger partial charge in [0.15, 0.2) is 0 Å². The van der Waals surface area contributed by atoms with E-state index in [1.165, 1.54) is 14.9 Å². The molecule has 0 amide bonds. The lowest BCUT2D eigenvalue weighted by Gasteiger charge is -2.04. The molecule has 0 bridgehead atoms. The lowest BCUT2D eigenvalue weighted by Crippen LogP contribution is -1.97. The third kappa shape index (κ3) is 3.44. The van der Waals surface area contributed by atoms with E-state index in [1.54, 1.807) is 11.4 Å². The van der Waals surface area contributed by atoms with Crippen molar-refractivity contribution in [1.82, 2.24) is 0 Å². The molecule has 17 heavy (non-hydrogen) atoms. The van der Waals surface area contributed by atoms with Gasteiger partial charge in [-0.3, -0.25) is 0 Å². The summed E-state index contributed by atoms with van der Waals surface area (Å²) in [6, 6.07) is 9.77. The van der Waals surface area contributed by atoms with Gasteiger partial charge in [0.1, 0.15) is 0 Å². The molecule has 0 saturated heterocycles. The van der Waals surface area contributed by atoms with Gasteiger partial charge in [0, 0.05) is 26.1 Å². The highest BCUT2D eigenvalue weighted by atomic mass is 127. The molecular weight excluding hydrogens is 349 g/mol. The predicted octanol–water partition coefficient (Wildman–Crippen LogP) is 3.66. The van der Waals surface area contributed by atoms with Crippen molar-refractivity contribution in [2.45, 2.75) is 6.54 Å². The summed E-state index contributed by atoms with van der Waals surface area (Å²) < 4.78 is 1.19. The zero-order chi connectivity index (χ0) is 12.3. The average Bonchev–Trinajstić information content (AvgIpc) is 2.77. The fourth-order valence-electron chi connectivity index (χ4n) is 1.34. The zero-order valence-corrected chi connectivity index (χ0v) is 11.8. The van der Waals surface area contributed by atoms with E-state index in [2.05, 4.69) is 27.9 Å². The number of benzene rings is 1. The van der Waals surface area contributed by atoms with Crippen LogP contribution in [0.4, 0.5) is 5.69 Å². The number of hydrogen-bond donors (Lipinski definition) is 2. The van der Waals surface area contributed by atoms with Gasteiger partial charge in [-0.2, -0.15) is 0 Å². The fourth-order valence-corrected chi connectivity index (χ4v) is 2.50. The van der Waals surface area contributed by atoms with Crippen LogP contribution in [0.25, 0.3) is 0 Å². The average molecular weight is 359 g/mol. The second-order valence-corrected chi connectivity index (χ2v) is 5.71. The van der Waals surface area contributed by atoms with Crippen molar-refractivity contribution in [3.8, 4) is 0 Å². The van der Waals surface area contributed by atoms with Crippen LogP contribution in [0.3, 0.4) is 0 Å². The van der Waals surface area contributed by atoms with Crippen LogP contribution in [0.15, 0.2) is 35.7 Å². The monoisotopic (exact) mass is 359 g/mol. The third-order valence-electron chi connectivity index (χ3n) is 2.21. The van der Waals surface area contributed by atoms with Crippen molar-refractivity contribution in [3.05, 3.63) is 49.7 Å². The Hall–Kier alpha value is -1.08. The maximum Gasteiger partial charge on any atom is 0.336 e. The Morgan fingerprint density at radius 3 is 2.65 bits per heavy atom. The van der Waals surface area contributed by atoms with Crippen molar-refractivity contribution in [3.63, 3.8) is 0 Å². The van der Waals surface area contributed by atoms with E-state index in [4.69, 9.17) is 5.11 Å². The quantitative estimate of drug-likeness (QED) is 0.820. The highest BCUT2D eigenvalue weighted by molar-refractivity contribution is 14.1. The summed E-state index contributed by atoms with van der Waals surface area (Å²) in [6.07, 6.45) is 0. The summed E-state index contributed by atoms with van der Waals surface area (Å²) in [6.45, 7) is 0.651. The number of carboxylic acids is 1. The molecule has 5 heteroatoms. The number of rotatable bonds is 4. The molecule has 88 valence electrons. The van der Waals surface area contributed by atoms with Gasteiger partial charge >= 0.3 is 5.97 Å². The summed E-state index contributed by atoms with van der Waals surface area (Å²) in [7, 11) is 0. The van der Waals surface area contributed by atoms with E-state index in [-0.39, 0.29) is 0 Å². The molecule has 0 aliphatic heterocycles. The van der Waals surface area contributed by atoms with Crippen molar-refractivity contribution in [2.75, 3.05) is 5.32 Å². The number of aromatic carboxylic acids is 1. The smallest absolute Gasteiger partial charge is 0.336 e. The summed E-state index contributed by atoms with van der Waals surface area (Å²) >= 11 is 3.71. The van der Waals surface area contributed by atoms with Crippen LogP contribution in [0.2, 0.25) is 0 Å². The molecule has 2 aromatic rings. The Kier molecular flexibility index (Phi) is 4.01. The minimum absolute atomic E-state index is 0.356. The van der Waals surface area contributed by atoms with E-state index in [9.17, 15) is 4.79 Å². The lowest BCUT2D eigenvalue weighted by molar-refractivity contribution is 0.0697. The first kappa shape index (κ1) is 12.4. The van der Waals surface area contributed by atoms with E-state index >= 15 is 0 Å². The Morgan fingerprint density at radius 1 is 1.35 bits per heavy atom. The molecule has 2 rings (SSSR count). The second-order valence-electron chi connectivity index (χ2n) is 3.47. The molecule has 0 aliphatic rings. The Labute approximate surface area is 117 Å². The number of hydrogen-bond acceptors (Lipinski definition) is 3. The van der Waals surface area contributed by atoms with Crippen molar-refractivity contribution in [1.29, 1.82) is 0 Å². The van der Waals surface area contributed by atoms with Crippen LogP contribution < -0.4 is 5.32 Å². The molecule has 3 nitrogen and oxygen atoms in total. The highest BCUT2D eigenvalue weighted by Gasteiger charge is 2.05. The van der Waals surface area contributed by atoms with Gasteiger partial charge in [0.25, 0.3) is 0 Å². The van der Waals surface area contributed by atoms with Crippen molar-refractivity contribution in [2.24, 2.45) is 0 Å². The van der Waals surface area contributed by atoms with Gasteiger partial charge in [0.2, 0.25) is 0 Å². The van der Waals surface area contributed by atoms with E-state index in [1.807, 2.05) is 24.3 Å². The van der Waals surface area contributed by atoms with Gasteiger partial charge in [-0.1, -0.05) is 0 Å². The normalized spacial score (nSPS) is 10.2. The number of anilines is 1. The van der Waals surface area contributed by atoms with Crippen molar-refractivity contribution < 1.29 is 9.90 Å². The first-order valence-corrected chi connectivity index (χ1v) is 6.91. The van der Waals surface area contributed by atoms with E-state index < -0.39 is 5.97 Å². The van der Waals surface area contributed by atoms with Gasteiger partial charge in [-0.05, 0) is 52.9 Å². The molecule has 0 unspecified atom stereocenters. The molecule has 2 N–H and O–H groups in total. The third-order valence-corrected chi connectivity index (χ3v) is 3.87. The molecule has 0 fully saturated rings. The molecule has 1 aromatic heterocycles. The molecule has 1 heterocycles. The summed E-state index contributed by atoms with van der Waals surface area (Å²) in [5, 5.41) is 13.7. The zero-order valence-electron chi connectivity index (χ0n) is 8.81. The largest absolute Gasteiger partial charge is 0.478 e. The first-order valence-electron chi connectivity index (χ1n) is 4.95. The Balaban J connectivity index is 1.97. The lowest BCUT2D eigenvalue weighted by atomic mass is 10.3. The van der Waals surface area contributed by atoms with Gasteiger partial charge in [0.05, 0.1) is 5.56 Å². The van der Waals surface area contributed by atoms with Gasteiger partial charge < -0.3 is 10.4 Å². The number of carboxylic acid groups (broad SMARTS) is 1. The predicted molar refractivity (Wildman–Crippen MR) is 77.8 cm³/mol. The topological polar surface area (TPSA) is 49.3 Å². The Bertz CT molecular complexity index is 522. The van der Waals surface area contributed by atoms with E-state index in [0.29, 0.717) is 12.1 Å². The molecular formula is C12H10INO2S. The summed E-state index contributed by atoms with van der Waals surface area (Å²) in [5.74, 6) is -0.873. The summed E-state index contributed by atoms with van der Waals surface area (Å²) in [5.41, 5.74) is 1.39. The Morgan fingerprint density at radius 2 is 2.06 bits per heavy atom. The maximum atomic E-state index is 10.7. The van der Waals surface area contributed by atoms with Crippen LogP contribution in [0, 0.1) is 3.57 Å². The highest BCUT2D eigenvalue weighted by Crippen LogP contribution is 2.17. The molecule has 0 radical (unpaired) electrons. The van der Waals surface area contributed by atoms with Crippen LogP contribution in [-0.4, -0.2) is 11.1 Å². The SMILES string of the molecule is O=C(O)c1csc(CNc2ccc(I)cc2)c1. The molecule has 0 spiro atoms. The molecule has 0 atom stereocenters. The second kappa shape index (κ2) is 5.50. The number of halogens is 1.